The van der Waals surface area contributed by atoms with Gasteiger partial charge in [0, 0.05) is 12.8 Å². The summed E-state index contributed by atoms with van der Waals surface area (Å²) in [5.74, 6) is -1.01. The van der Waals surface area contributed by atoms with Gasteiger partial charge in [0.15, 0.2) is 6.10 Å². The predicted molar refractivity (Wildman–Crippen MR) is 208 cm³/mol. The van der Waals surface area contributed by atoms with Crippen LogP contribution >= 0.6 is 7.82 Å². The number of hydrogen-bond donors (Lipinski definition) is 3. The van der Waals surface area contributed by atoms with Crippen LogP contribution in [-0.4, -0.2) is 52.3 Å². The summed E-state index contributed by atoms with van der Waals surface area (Å²) >= 11 is 0. The SMILES string of the molecule is CC/C=C\C/C=C\C/C=C\CCCCCCCC(=O)O[C@H](COC(=O)CCC/C=C\C/C=C\C/C=C\C=C\CC(O)/C=C\CC)COP(=O)(O)O. The first-order valence-corrected chi connectivity index (χ1v) is 20.2. The fraction of sp³-hybridized carbons (Fsp3) is 0.561. The Balaban J connectivity index is 4.16. The van der Waals surface area contributed by atoms with Crippen LogP contribution in [0.3, 0.4) is 0 Å². The zero-order valence-corrected chi connectivity index (χ0v) is 32.0. The Bertz CT molecular complexity index is 1160. The molecular formula is C41H65O9P. The Morgan fingerprint density at radius 2 is 1.14 bits per heavy atom. The monoisotopic (exact) mass is 732 g/mol. The molecule has 0 aromatic rings. The lowest BCUT2D eigenvalue weighted by atomic mass is 10.1. The van der Waals surface area contributed by atoms with Crippen molar-refractivity contribution in [3.63, 3.8) is 0 Å². The lowest BCUT2D eigenvalue weighted by Gasteiger charge is -2.18. The highest BCUT2D eigenvalue weighted by Gasteiger charge is 2.22. The number of hydrogen-bond acceptors (Lipinski definition) is 7. The quantitative estimate of drug-likeness (QED) is 0.0203. The third-order valence-corrected chi connectivity index (χ3v) is 7.66. The van der Waals surface area contributed by atoms with Crippen molar-refractivity contribution >= 4 is 19.8 Å². The molecule has 0 aromatic carbocycles. The Morgan fingerprint density at radius 1 is 0.608 bits per heavy atom. The molecule has 0 heterocycles. The topological polar surface area (TPSA) is 140 Å². The van der Waals surface area contributed by atoms with Crippen LogP contribution in [0.2, 0.25) is 0 Å². The Morgan fingerprint density at radius 3 is 1.78 bits per heavy atom. The number of carbonyl (C=O) groups excluding carboxylic acids is 2. The van der Waals surface area contributed by atoms with E-state index < -0.39 is 38.6 Å². The van der Waals surface area contributed by atoms with Gasteiger partial charge in [-0.15, -0.1) is 0 Å². The van der Waals surface area contributed by atoms with Crippen molar-refractivity contribution in [2.75, 3.05) is 13.2 Å². The van der Waals surface area contributed by atoms with Gasteiger partial charge in [-0.25, -0.2) is 4.57 Å². The molecular weight excluding hydrogens is 667 g/mol. The summed E-state index contributed by atoms with van der Waals surface area (Å²) in [6.07, 6.45) is 44.7. The van der Waals surface area contributed by atoms with Gasteiger partial charge >= 0.3 is 19.8 Å². The number of aliphatic hydroxyl groups excluding tert-OH is 1. The summed E-state index contributed by atoms with van der Waals surface area (Å²) in [7, 11) is -4.78. The number of phosphoric ester groups is 1. The van der Waals surface area contributed by atoms with Crippen LogP contribution in [0.25, 0.3) is 0 Å². The number of carbonyl (C=O) groups is 2. The van der Waals surface area contributed by atoms with Crippen LogP contribution < -0.4 is 0 Å². The molecule has 2 atom stereocenters. The first kappa shape index (κ1) is 47.9. The van der Waals surface area contributed by atoms with Gasteiger partial charge in [-0.3, -0.25) is 14.1 Å². The maximum Gasteiger partial charge on any atom is 0.469 e. The van der Waals surface area contributed by atoms with Crippen LogP contribution in [0.4, 0.5) is 0 Å². The molecule has 0 aromatic heterocycles. The smallest absolute Gasteiger partial charge is 0.462 e. The summed E-state index contributed by atoms with van der Waals surface area (Å²) < 4.78 is 26.2. The Hall–Kier alpha value is -3.07. The molecule has 0 bridgehead atoms. The Labute approximate surface area is 307 Å². The molecule has 0 radical (unpaired) electrons. The summed E-state index contributed by atoms with van der Waals surface area (Å²) in [6.45, 7) is 3.24. The van der Waals surface area contributed by atoms with E-state index in [0.29, 0.717) is 25.7 Å². The molecule has 0 saturated carbocycles. The molecule has 0 aliphatic carbocycles. The second-order valence-corrected chi connectivity index (χ2v) is 13.2. The fourth-order valence-corrected chi connectivity index (χ4v) is 4.80. The molecule has 0 aliphatic heterocycles. The largest absolute Gasteiger partial charge is 0.469 e. The Kier molecular flexibility index (Phi) is 33.2. The van der Waals surface area contributed by atoms with Crippen molar-refractivity contribution in [2.45, 2.75) is 135 Å². The molecule has 3 N–H and O–H groups in total. The summed E-state index contributed by atoms with van der Waals surface area (Å²) in [5.41, 5.74) is 0. The lowest BCUT2D eigenvalue weighted by Crippen LogP contribution is -2.29. The highest BCUT2D eigenvalue weighted by Crippen LogP contribution is 2.35. The molecule has 288 valence electrons. The third kappa shape index (κ3) is 38.0. The van der Waals surface area contributed by atoms with Gasteiger partial charge in [-0.2, -0.15) is 0 Å². The van der Waals surface area contributed by atoms with E-state index >= 15 is 0 Å². The van der Waals surface area contributed by atoms with Crippen LogP contribution in [0.5, 0.6) is 0 Å². The van der Waals surface area contributed by atoms with Gasteiger partial charge in [0.05, 0.1) is 12.7 Å². The molecule has 0 rings (SSSR count). The van der Waals surface area contributed by atoms with Gasteiger partial charge in [0.1, 0.15) is 6.61 Å². The molecule has 9 nitrogen and oxygen atoms in total. The standard InChI is InChI=1S/C41H65O9P/c1-3-5-7-8-9-10-11-12-13-14-19-22-25-28-31-35-41(44)50-39(37-49-51(45,46)47)36-48-40(43)34-30-27-24-21-18-16-15-17-20-23-26-29-33-38(42)32-6-4-2/h5-7,9-10,12-13,15-16,20-21,23-24,26,29,32,38-39,42H,3-4,8,11,14,17-19,22,25,27-28,30-31,33-37H2,1-2H3,(H2,45,46,47)/b7-5-,10-9-,13-12-,16-15-,23-20-,24-21-,29-26+,32-6-/t38?,39-/m1/s1. The normalized spacial score (nSPS) is 14.2. The van der Waals surface area contributed by atoms with Gasteiger partial charge in [0.25, 0.3) is 0 Å². The molecule has 1 unspecified atom stereocenters. The molecule has 0 fully saturated rings. The maximum absolute atomic E-state index is 12.4. The molecule has 10 heteroatoms. The second kappa shape index (κ2) is 35.3. The molecule has 0 saturated heterocycles. The van der Waals surface area contributed by atoms with Crippen LogP contribution in [0.15, 0.2) is 97.2 Å². The minimum absolute atomic E-state index is 0.161. The van der Waals surface area contributed by atoms with Crippen molar-refractivity contribution in [3.8, 4) is 0 Å². The number of ether oxygens (including phenoxy) is 2. The average molecular weight is 733 g/mol. The first-order chi connectivity index (χ1) is 24.7. The maximum atomic E-state index is 12.4. The van der Waals surface area contributed by atoms with Gasteiger partial charge < -0.3 is 24.4 Å². The van der Waals surface area contributed by atoms with E-state index in [-0.39, 0.29) is 19.4 Å². The van der Waals surface area contributed by atoms with E-state index in [2.05, 4.69) is 60.1 Å². The van der Waals surface area contributed by atoms with Gasteiger partial charge in [-0.1, -0.05) is 130 Å². The number of phosphoric acid groups is 1. The number of allylic oxidation sites excluding steroid dienone is 14. The number of rotatable bonds is 32. The number of aliphatic hydroxyl groups is 1. The highest BCUT2D eigenvalue weighted by atomic mass is 31.2. The van der Waals surface area contributed by atoms with Crippen LogP contribution in [0.1, 0.15) is 123 Å². The average Bonchev–Trinajstić information content (AvgIpc) is 3.09. The van der Waals surface area contributed by atoms with Crippen molar-refractivity contribution < 1.29 is 43.0 Å². The van der Waals surface area contributed by atoms with E-state index in [1.54, 1.807) is 0 Å². The zero-order chi connectivity index (χ0) is 37.7. The molecule has 0 amide bonds. The summed E-state index contributed by atoms with van der Waals surface area (Å²) in [5, 5.41) is 9.73. The van der Waals surface area contributed by atoms with E-state index in [1.807, 2.05) is 55.5 Å². The highest BCUT2D eigenvalue weighted by molar-refractivity contribution is 7.46. The van der Waals surface area contributed by atoms with Crippen molar-refractivity contribution in [1.82, 2.24) is 0 Å². The third-order valence-electron chi connectivity index (χ3n) is 7.17. The van der Waals surface area contributed by atoms with E-state index in [9.17, 15) is 19.3 Å². The number of unbranched alkanes of at least 4 members (excludes halogenated alkanes) is 6. The zero-order valence-electron chi connectivity index (χ0n) is 31.1. The molecule has 51 heavy (non-hydrogen) atoms. The van der Waals surface area contributed by atoms with Crippen molar-refractivity contribution in [1.29, 1.82) is 0 Å². The van der Waals surface area contributed by atoms with Crippen LogP contribution in [-0.2, 0) is 28.2 Å². The minimum atomic E-state index is -4.78. The molecule has 0 spiro atoms. The second-order valence-electron chi connectivity index (χ2n) is 12.0. The van der Waals surface area contributed by atoms with Gasteiger partial charge in [-0.05, 0) is 77.0 Å². The summed E-state index contributed by atoms with van der Waals surface area (Å²) in [4.78, 5) is 42.7. The lowest BCUT2D eigenvalue weighted by molar-refractivity contribution is -0.161. The minimum Gasteiger partial charge on any atom is -0.462 e. The van der Waals surface area contributed by atoms with Crippen LogP contribution in [0, 0.1) is 0 Å². The molecule has 0 aliphatic rings. The summed E-state index contributed by atoms with van der Waals surface area (Å²) in [6, 6.07) is 0. The number of esters is 2. The van der Waals surface area contributed by atoms with E-state index in [4.69, 9.17) is 19.3 Å². The van der Waals surface area contributed by atoms with Crippen molar-refractivity contribution in [3.05, 3.63) is 97.2 Å². The van der Waals surface area contributed by atoms with E-state index in [0.717, 1.165) is 70.6 Å². The predicted octanol–water partition coefficient (Wildman–Crippen LogP) is 10.0. The van der Waals surface area contributed by atoms with E-state index in [1.165, 1.54) is 0 Å². The first-order valence-electron chi connectivity index (χ1n) is 18.6. The van der Waals surface area contributed by atoms with Gasteiger partial charge in [0.2, 0.25) is 0 Å². The fourth-order valence-electron chi connectivity index (χ4n) is 4.44. The van der Waals surface area contributed by atoms with Crippen molar-refractivity contribution in [2.24, 2.45) is 0 Å².